The van der Waals surface area contributed by atoms with Crippen LogP contribution in [0.25, 0.3) is 0 Å². The van der Waals surface area contributed by atoms with E-state index in [4.69, 9.17) is 0 Å². The molecule has 1 aliphatic rings. The Morgan fingerprint density at radius 1 is 1.10 bits per heavy atom. The molecule has 0 spiro atoms. The first-order chi connectivity index (χ1) is 14.3. The molecule has 6 heteroatoms. The zero-order chi connectivity index (χ0) is 21.9. The van der Waals surface area contributed by atoms with E-state index in [-0.39, 0.29) is 18.4 Å². The normalized spacial score (nSPS) is 18.5. The van der Waals surface area contributed by atoms with E-state index in [0.717, 1.165) is 33.6 Å². The number of imide groups is 1. The van der Waals surface area contributed by atoms with Crippen molar-refractivity contribution in [2.45, 2.75) is 45.7 Å². The van der Waals surface area contributed by atoms with Gasteiger partial charge in [-0.3, -0.25) is 14.5 Å². The van der Waals surface area contributed by atoms with Crippen molar-refractivity contribution < 1.29 is 14.4 Å². The van der Waals surface area contributed by atoms with Crippen molar-refractivity contribution in [3.8, 4) is 0 Å². The molecule has 0 aromatic heterocycles. The minimum absolute atomic E-state index is 0.273. The maximum Gasteiger partial charge on any atom is 0.325 e. The van der Waals surface area contributed by atoms with E-state index < -0.39 is 11.6 Å². The number of nitrogens with zero attached hydrogens (tertiary/aromatic N) is 2. The number of hydrogen-bond donors (Lipinski definition) is 1. The predicted molar refractivity (Wildman–Crippen MR) is 116 cm³/mol. The number of carbonyl (C=O) groups excluding carboxylic acids is 3. The topological polar surface area (TPSA) is 69.7 Å². The van der Waals surface area contributed by atoms with E-state index in [2.05, 4.69) is 11.4 Å². The summed E-state index contributed by atoms with van der Waals surface area (Å²) >= 11 is 0. The van der Waals surface area contributed by atoms with Crippen LogP contribution in [0.3, 0.4) is 0 Å². The lowest BCUT2D eigenvalue weighted by Crippen LogP contribution is -2.45. The van der Waals surface area contributed by atoms with Gasteiger partial charge in [-0.15, -0.1) is 0 Å². The third kappa shape index (κ3) is 4.08. The largest absolute Gasteiger partial charge is 0.340 e. The van der Waals surface area contributed by atoms with Crippen molar-refractivity contribution >= 4 is 17.8 Å². The number of hydrogen-bond acceptors (Lipinski definition) is 3. The summed E-state index contributed by atoms with van der Waals surface area (Å²) < 4.78 is 0. The van der Waals surface area contributed by atoms with Crippen molar-refractivity contribution in [1.82, 2.24) is 15.1 Å². The highest BCUT2D eigenvalue weighted by Gasteiger charge is 2.52. The number of carbonyl (C=O) groups is 3. The van der Waals surface area contributed by atoms with Crippen molar-refractivity contribution in [3.63, 3.8) is 0 Å². The SMILES string of the molecule is CCC[C@]1(c2ccccc2)NC(=O)N(CC(=O)N(C)Cc2ccc(C)cc2C)C1=O. The Morgan fingerprint density at radius 2 is 1.80 bits per heavy atom. The first kappa shape index (κ1) is 21.6. The summed E-state index contributed by atoms with van der Waals surface area (Å²) in [6, 6.07) is 14.8. The van der Waals surface area contributed by atoms with Crippen LogP contribution in [0.15, 0.2) is 48.5 Å². The molecule has 1 aliphatic heterocycles. The molecule has 4 amide bonds. The summed E-state index contributed by atoms with van der Waals surface area (Å²) in [6.45, 7) is 6.16. The van der Waals surface area contributed by atoms with Gasteiger partial charge in [-0.2, -0.15) is 0 Å². The third-order valence-electron chi connectivity index (χ3n) is 5.69. The lowest BCUT2D eigenvalue weighted by atomic mass is 9.85. The molecule has 1 fully saturated rings. The van der Waals surface area contributed by atoms with E-state index in [0.29, 0.717) is 13.0 Å². The fourth-order valence-electron chi connectivity index (χ4n) is 4.00. The Morgan fingerprint density at radius 3 is 2.43 bits per heavy atom. The molecule has 1 atom stereocenters. The lowest BCUT2D eigenvalue weighted by Gasteiger charge is -2.27. The molecular formula is C24H29N3O3. The van der Waals surface area contributed by atoms with Crippen LogP contribution in [-0.4, -0.2) is 41.2 Å². The van der Waals surface area contributed by atoms with Crippen molar-refractivity contribution in [1.29, 1.82) is 0 Å². The molecule has 0 saturated carbocycles. The van der Waals surface area contributed by atoms with Gasteiger partial charge in [0.05, 0.1) is 0 Å². The zero-order valence-corrected chi connectivity index (χ0v) is 18.1. The number of nitrogens with one attached hydrogen (secondary N) is 1. The summed E-state index contributed by atoms with van der Waals surface area (Å²) in [4.78, 5) is 41.4. The Bertz CT molecular complexity index is 957. The summed E-state index contributed by atoms with van der Waals surface area (Å²) in [5, 5.41) is 2.86. The van der Waals surface area contributed by atoms with Gasteiger partial charge in [0.25, 0.3) is 5.91 Å². The van der Waals surface area contributed by atoms with E-state index in [1.54, 1.807) is 11.9 Å². The molecule has 30 heavy (non-hydrogen) atoms. The average molecular weight is 408 g/mol. The van der Waals surface area contributed by atoms with Gasteiger partial charge in [0.15, 0.2) is 0 Å². The maximum absolute atomic E-state index is 13.3. The van der Waals surface area contributed by atoms with Gasteiger partial charge in [0, 0.05) is 13.6 Å². The monoisotopic (exact) mass is 407 g/mol. The molecule has 3 rings (SSSR count). The molecule has 0 unspecified atom stereocenters. The number of benzene rings is 2. The second-order valence-corrected chi connectivity index (χ2v) is 8.02. The van der Waals surface area contributed by atoms with Gasteiger partial charge in [0.2, 0.25) is 5.91 Å². The quantitative estimate of drug-likeness (QED) is 0.714. The van der Waals surface area contributed by atoms with Crippen LogP contribution in [-0.2, 0) is 21.7 Å². The fourth-order valence-corrected chi connectivity index (χ4v) is 4.00. The van der Waals surface area contributed by atoms with Crippen molar-refractivity contribution in [3.05, 3.63) is 70.8 Å². The van der Waals surface area contributed by atoms with Crippen molar-refractivity contribution in [2.24, 2.45) is 0 Å². The van der Waals surface area contributed by atoms with E-state index >= 15 is 0 Å². The summed E-state index contributed by atoms with van der Waals surface area (Å²) in [5.41, 5.74) is 2.94. The van der Waals surface area contributed by atoms with Crippen LogP contribution < -0.4 is 5.32 Å². The van der Waals surface area contributed by atoms with Gasteiger partial charge in [-0.1, -0.05) is 67.4 Å². The number of rotatable bonds is 7. The Balaban J connectivity index is 1.76. The molecule has 1 N–H and O–H groups in total. The van der Waals surface area contributed by atoms with Crippen LogP contribution in [0.4, 0.5) is 4.79 Å². The maximum atomic E-state index is 13.3. The summed E-state index contributed by atoms with van der Waals surface area (Å²) in [5.74, 6) is -0.646. The van der Waals surface area contributed by atoms with Crippen LogP contribution >= 0.6 is 0 Å². The highest BCUT2D eigenvalue weighted by molar-refractivity contribution is 6.09. The Labute approximate surface area is 177 Å². The summed E-state index contributed by atoms with van der Waals surface area (Å²) in [6.07, 6.45) is 1.19. The summed E-state index contributed by atoms with van der Waals surface area (Å²) in [7, 11) is 1.69. The highest BCUT2D eigenvalue weighted by Crippen LogP contribution is 2.33. The molecule has 0 bridgehead atoms. The van der Waals surface area contributed by atoms with Gasteiger partial charge in [-0.05, 0) is 37.0 Å². The second kappa shape index (κ2) is 8.69. The fraction of sp³-hybridized carbons (Fsp3) is 0.375. The molecule has 0 aliphatic carbocycles. The van der Waals surface area contributed by atoms with Crippen LogP contribution in [0.2, 0.25) is 0 Å². The third-order valence-corrected chi connectivity index (χ3v) is 5.69. The zero-order valence-electron chi connectivity index (χ0n) is 18.1. The number of amides is 4. The van der Waals surface area contributed by atoms with E-state index in [1.165, 1.54) is 0 Å². The minimum atomic E-state index is -1.11. The smallest absolute Gasteiger partial charge is 0.325 e. The highest BCUT2D eigenvalue weighted by atomic mass is 16.2. The Hall–Kier alpha value is -3.15. The molecule has 6 nitrogen and oxygen atoms in total. The first-order valence-electron chi connectivity index (χ1n) is 10.3. The number of likely N-dealkylation sites (N-methyl/N-ethyl adjacent to an activating group) is 1. The van der Waals surface area contributed by atoms with E-state index in [9.17, 15) is 14.4 Å². The molecule has 1 heterocycles. The van der Waals surface area contributed by atoms with Gasteiger partial charge < -0.3 is 10.2 Å². The van der Waals surface area contributed by atoms with Crippen LogP contribution in [0, 0.1) is 13.8 Å². The molecule has 0 radical (unpaired) electrons. The van der Waals surface area contributed by atoms with Gasteiger partial charge in [-0.25, -0.2) is 4.79 Å². The lowest BCUT2D eigenvalue weighted by molar-refractivity contribution is -0.139. The first-order valence-corrected chi connectivity index (χ1v) is 10.3. The van der Waals surface area contributed by atoms with E-state index in [1.807, 2.05) is 63.2 Å². The molecule has 2 aromatic rings. The predicted octanol–water partition coefficient (Wildman–Crippen LogP) is 3.51. The van der Waals surface area contributed by atoms with Gasteiger partial charge >= 0.3 is 6.03 Å². The number of aryl methyl sites for hydroxylation is 2. The number of urea groups is 1. The van der Waals surface area contributed by atoms with Crippen molar-refractivity contribution in [2.75, 3.05) is 13.6 Å². The van der Waals surface area contributed by atoms with Gasteiger partial charge in [0.1, 0.15) is 12.1 Å². The molecule has 158 valence electrons. The van der Waals surface area contributed by atoms with Crippen LogP contribution in [0.5, 0.6) is 0 Å². The second-order valence-electron chi connectivity index (χ2n) is 8.02. The molecule has 2 aromatic carbocycles. The van der Waals surface area contributed by atoms with Crippen LogP contribution in [0.1, 0.15) is 42.0 Å². The standard InChI is InChI=1S/C24H29N3O3/c1-5-13-24(20-9-7-6-8-10-20)22(29)27(23(30)25-24)16-21(28)26(4)15-19-12-11-17(2)14-18(19)3/h6-12,14H,5,13,15-16H2,1-4H3,(H,25,30)/t24-/m1/s1. The molecular weight excluding hydrogens is 378 g/mol. The average Bonchev–Trinajstić information content (AvgIpc) is 2.96. The minimum Gasteiger partial charge on any atom is -0.340 e. The Kier molecular flexibility index (Phi) is 6.25. The molecule has 1 saturated heterocycles.